The number of carbonyl (C=O) groups excluding carboxylic acids is 1. The molecule has 0 aliphatic carbocycles. The van der Waals surface area contributed by atoms with E-state index in [1.54, 1.807) is 24.3 Å². The lowest BCUT2D eigenvalue weighted by atomic mass is 10.3. The van der Waals surface area contributed by atoms with Gasteiger partial charge in [-0.05, 0) is 31.2 Å². The Morgan fingerprint density at radius 2 is 1.85 bits per heavy atom. The van der Waals surface area contributed by atoms with Crippen LogP contribution in [0, 0.1) is 0 Å². The molecule has 0 bridgehead atoms. The van der Waals surface area contributed by atoms with Crippen LogP contribution in [0.4, 0.5) is 4.79 Å². The van der Waals surface area contributed by atoms with Crippen LogP contribution in [0.25, 0.3) is 0 Å². The fourth-order valence-corrected chi connectivity index (χ4v) is 0.952. The van der Waals surface area contributed by atoms with Crippen molar-refractivity contribution in [3.8, 4) is 11.5 Å². The molecule has 1 aromatic carbocycles. The smallest absolute Gasteiger partial charge is 0.409 e. The number of ether oxygens (including phenoxy) is 2. The Morgan fingerprint density at radius 1 is 1.31 bits per heavy atom. The molecule has 70 valence electrons. The number of carbonyl (C=O) groups is 1. The van der Waals surface area contributed by atoms with Crippen molar-refractivity contribution >= 4 is 17.0 Å². The third-order valence-electron chi connectivity index (χ3n) is 1.33. The summed E-state index contributed by atoms with van der Waals surface area (Å²) in [5.41, 5.74) is -0.843. The van der Waals surface area contributed by atoms with Gasteiger partial charge in [-0.25, -0.2) is 4.79 Å². The normalized spacial score (nSPS) is 9.38. The van der Waals surface area contributed by atoms with E-state index in [0.29, 0.717) is 12.4 Å². The van der Waals surface area contributed by atoms with E-state index in [2.05, 4.69) is 4.74 Å². The second-order valence-corrected chi connectivity index (χ2v) is 2.55. The number of hydrogen-bond donors (Lipinski definition) is 0. The summed E-state index contributed by atoms with van der Waals surface area (Å²) in [5, 5.41) is 0. The van der Waals surface area contributed by atoms with Crippen LogP contribution in [-0.4, -0.2) is 12.0 Å². The first-order chi connectivity index (χ1) is 6.22. The molecule has 0 aliphatic rings. The minimum absolute atomic E-state index is 0.406. The van der Waals surface area contributed by atoms with Crippen LogP contribution in [0.5, 0.6) is 11.5 Å². The Kier molecular flexibility index (Phi) is 3.58. The van der Waals surface area contributed by atoms with Gasteiger partial charge in [-0.3, -0.25) is 0 Å². The van der Waals surface area contributed by atoms with E-state index in [4.69, 9.17) is 16.3 Å². The van der Waals surface area contributed by atoms with Gasteiger partial charge in [0.1, 0.15) is 11.5 Å². The molecule has 13 heavy (non-hydrogen) atoms. The molecule has 0 aliphatic heterocycles. The first-order valence-corrected chi connectivity index (χ1v) is 4.20. The van der Waals surface area contributed by atoms with Gasteiger partial charge >= 0.3 is 5.43 Å². The van der Waals surface area contributed by atoms with Gasteiger partial charge in [-0.2, -0.15) is 0 Å². The highest BCUT2D eigenvalue weighted by Gasteiger charge is 1.99. The van der Waals surface area contributed by atoms with Gasteiger partial charge in [-0.15, -0.1) is 0 Å². The van der Waals surface area contributed by atoms with Crippen molar-refractivity contribution in [2.24, 2.45) is 0 Å². The van der Waals surface area contributed by atoms with E-state index in [9.17, 15) is 4.79 Å². The van der Waals surface area contributed by atoms with Crippen LogP contribution >= 0.6 is 11.6 Å². The summed E-state index contributed by atoms with van der Waals surface area (Å²) in [5.74, 6) is 1.14. The molecule has 0 unspecified atom stereocenters. The largest absolute Gasteiger partial charge is 0.494 e. The standard InChI is InChI=1S/C9H9ClO3/c1-2-12-7-3-5-8(6-4-7)13-9(10)11/h3-6H,2H2,1H3. The van der Waals surface area contributed by atoms with Crippen LogP contribution < -0.4 is 9.47 Å². The molecule has 0 aromatic heterocycles. The maximum atomic E-state index is 10.3. The quantitative estimate of drug-likeness (QED) is 0.704. The Bertz CT molecular complexity index is 281. The topological polar surface area (TPSA) is 35.5 Å². The Morgan fingerprint density at radius 3 is 2.31 bits per heavy atom. The number of rotatable bonds is 3. The zero-order chi connectivity index (χ0) is 9.68. The average molecular weight is 201 g/mol. The zero-order valence-electron chi connectivity index (χ0n) is 7.12. The van der Waals surface area contributed by atoms with Gasteiger partial charge in [-0.1, -0.05) is 0 Å². The molecule has 4 heteroatoms. The minimum atomic E-state index is -0.843. The molecular weight excluding hydrogens is 192 g/mol. The van der Waals surface area contributed by atoms with Crippen molar-refractivity contribution in [3.05, 3.63) is 24.3 Å². The molecule has 1 rings (SSSR count). The fraction of sp³-hybridized carbons (Fsp3) is 0.222. The van der Waals surface area contributed by atoms with Gasteiger partial charge in [0.15, 0.2) is 0 Å². The summed E-state index contributed by atoms with van der Waals surface area (Å²) in [7, 11) is 0. The van der Waals surface area contributed by atoms with Crippen molar-refractivity contribution in [3.63, 3.8) is 0 Å². The molecule has 0 saturated heterocycles. The molecule has 0 radical (unpaired) electrons. The van der Waals surface area contributed by atoms with E-state index in [1.807, 2.05) is 6.92 Å². The van der Waals surface area contributed by atoms with Crippen molar-refractivity contribution < 1.29 is 14.3 Å². The minimum Gasteiger partial charge on any atom is -0.494 e. The van der Waals surface area contributed by atoms with Crippen molar-refractivity contribution in [2.45, 2.75) is 6.92 Å². The molecule has 0 saturated carbocycles. The predicted molar refractivity (Wildman–Crippen MR) is 49.5 cm³/mol. The van der Waals surface area contributed by atoms with E-state index in [0.717, 1.165) is 5.75 Å². The fourth-order valence-electron chi connectivity index (χ4n) is 0.863. The zero-order valence-corrected chi connectivity index (χ0v) is 7.88. The highest BCUT2D eigenvalue weighted by molar-refractivity contribution is 6.61. The van der Waals surface area contributed by atoms with Crippen molar-refractivity contribution in [1.29, 1.82) is 0 Å². The van der Waals surface area contributed by atoms with E-state index >= 15 is 0 Å². The molecule has 0 heterocycles. The lowest BCUT2D eigenvalue weighted by Crippen LogP contribution is -1.96. The van der Waals surface area contributed by atoms with Crippen LogP contribution in [0.1, 0.15) is 6.92 Å². The predicted octanol–water partition coefficient (Wildman–Crippen LogP) is 2.82. The Balaban J connectivity index is 2.64. The monoisotopic (exact) mass is 200 g/mol. The number of halogens is 1. The van der Waals surface area contributed by atoms with Gasteiger partial charge in [0.25, 0.3) is 0 Å². The van der Waals surface area contributed by atoms with Gasteiger partial charge in [0.05, 0.1) is 6.61 Å². The van der Waals surface area contributed by atoms with Gasteiger partial charge < -0.3 is 9.47 Å². The van der Waals surface area contributed by atoms with Gasteiger partial charge in [0, 0.05) is 11.6 Å². The number of hydrogen-bond acceptors (Lipinski definition) is 3. The summed E-state index contributed by atoms with van der Waals surface area (Å²) < 4.78 is 9.81. The van der Waals surface area contributed by atoms with E-state index < -0.39 is 5.43 Å². The summed E-state index contributed by atoms with van der Waals surface area (Å²) in [6.07, 6.45) is 0. The Labute approximate surface area is 81.2 Å². The SMILES string of the molecule is CCOc1ccc(OC(=O)Cl)cc1. The van der Waals surface area contributed by atoms with E-state index in [-0.39, 0.29) is 0 Å². The highest BCUT2D eigenvalue weighted by atomic mass is 35.5. The molecule has 0 amide bonds. The first-order valence-electron chi connectivity index (χ1n) is 3.82. The summed E-state index contributed by atoms with van der Waals surface area (Å²) >= 11 is 5.02. The summed E-state index contributed by atoms with van der Waals surface area (Å²) in [6.45, 7) is 2.50. The van der Waals surface area contributed by atoms with Crippen LogP contribution in [-0.2, 0) is 0 Å². The second-order valence-electron chi connectivity index (χ2n) is 2.24. The molecule has 0 atom stereocenters. The van der Waals surface area contributed by atoms with Crippen LogP contribution in [0.3, 0.4) is 0 Å². The molecule has 0 N–H and O–H groups in total. The van der Waals surface area contributed by atoms with Crippen LogP contribution in [0.15, 0.2) is 24.3 Å². The Hall–Kier alpha value is -1.22. The summed E-state index contributed by atoms with van der Waals surface area (Å²) in [4.78, 5) is 10.3. The van der Waals surface area contributed by atoms with Crippen molar-refractivity contribution in [2.75, 3.05) is 6.61 Å². The second kappa shape index (κ2) is 4.72. The molecule has 0 spiro atoms. The maximum absolute atomic E-state index is 10.3. The number of benzene rings is 1. The average Bonchev–Trinajstić information content (AvgIpc) is 2.08. The summed E-state index contributed by atoms with van der Waals surface area (Å²) in [6, 6.07) is 6.65. The van der Waals surface area contributed by atoms with Gasteiger partial charge in [0.2, 0.25) is 0 Å². The van der Waals surface area contributed by atoms with Crippen molar-refractivity contribution in [1.82, 2.24) is 0 Å². The van der Waals surface area contributed by atoms with E-state index in [1.165, 1.54) is 0 Å². The molecule has 0 fully saturated rings. The molecule has 3 nitrogen and oxygen atoms in total. The maximum Gasteiger partial charge on any atom is 0.409 e. The highest BCUT2D eigenvalue weighted by Crippen LogP contribution is 2.17. The third kappa shape index (κ3) is 3.34. The van der Waals surface area contributed by atoms with Crippen LogP contribution in [0.2, 0.25) is 0 Å². The third-order valence-corrected chi connectivity index (χ3v) is 1.41. The lowest BCUT2D eigenvalue weighted by molar-refractivity contribution is 0.225. The first kappa shape index (κ1) is 9.86. The molecule has 1 aromatic rings. The molecular formula is C9H9ClO3. The lowest BCUT2D eigenvalue weighted by Gasteiger charge is -2.03.